The van der Waals surface area contributed by atoms with E-state index in [1.807, 2.05) is 37.4 Å². The fraction of sp³-hybridized carbons (Fsp3) is 0.235. The number of likely N-dealkylation sites (N-methyl/N-ethyl adjacent to an activating group) is 1. The third-order valence-corrected chi connectivity index (χ3v) is 4.08. The van der Waals surface area contributed by atoms with Crippen LogP contribution < -0.4 is 14.4 Å². The summed E-state index contributed by atoms with van der Waals surface area (Å²) >= 11 is 0. The van der Waals surface area contributed by atoms with Crippen LogP contribution in [-0.2, 0) is 0 Å². The summed E-state index contributed by atoms with van der Waals surface area (Å²) in [5.41, 5.74) is 3.45. The normalized spacial score (nSPS) is 16.8. The lowest BCUT2D eigenvalue weighted by Crippen LogP contribution is -2.34. The number of rotatable bonds is 2. The lowest BCUT2D eigenvalue weighted by molar-refractivity contribution is 0.266. The first-order valence-electron chi connectivity index (χ1n) is 7.38. The van der Waals surface area contributed by atoms with E-state index < -0.39 is 0 Å². The molecule has 1 aliphatic rings. The number of fused-ring (bicyclic) bond motifs is 3. The molecular formula is C17H16N4O2. The predicted octanol–water partition coefficient (Wildman–Crippen LogP) is 2.60. The summed E-state index contributed by atoms with van der Waals surface area (Å²) in [6.07, 6.45) is 3.54. The van der Waals surface area contributed by atoms with E-state index in [1.165, 1.54) is 0 Å². The van der Waals surface area contributed by atoms with Crippen LogP contribution in [0.3, 0.4) is 0 Å². The second-order valence-electron chi connectivity index (χ2n) is 5.38. The van der Waals surface area contributed by atoms with Crippen molar-refractivity contribution >= 4 is 16.7 Å². The van der Waals surface area contributed by atoms with Crippen molar-refractivity contribution in [3.05, 3.63) is 48.4 Å². The number of anilines is 1. The van der Waals surface area contributed by atoms with Gasteiger partial charge in [-0.15, -0.1) is 0 Å². The van der Waals surface area contributed by atoms with E-state index in [0.29, 0.717) is 12.5 Å². The Morgan fingerprint density at radius 1 is 1.22 bits per heavy atom. The molecule has 6 heteroatoms. The zero-order valence-corrected chi connectivity index (χ0v) is 12.9. The van der Waals surface area contributed by atoms with Gasteiger partial charge in [0.05, 0.1) is 24.5 Å². The molecule has 4 rings (SSSR count). The summed E-state index contributed by atoms with van der Waals surface area (Å²) in [4.78, 5) is 15.6. The summed E-state index contributed by atoms with van der Waals surface area (Å²) in [5.74, 6) is 1.29. The molecule has 0 bridgehead atoms. The summed E-state index contributed by atoms with van der Waals surface area (Å²) in [5, 5.41) is 0. The molecule has 0 N–H and O–H groups in total. The van der Waals surface area contributed by atoms with Crippen LogP contribution in [0.25, 0.3) is 11.0 Å². The number of aromatic nitrogens is 3. The Balaban J connectivity index is 1.87. The summed E-state index contributed by atoms with van der Waals surface area (Å²) in [6, 6.07) is 9.64. The minimum absolute atomic E-state index is 0.0299. The molecule has 0 amide bonds. The molecule has 0 spiro atoms. The highest BCUT2D eigenvalue weighted by atomic mass is 16.5. The van der Waals surface area contributed by atoms with E-state index in [2.05, 4.69) is 19.9 Å². The second kappa shape index (κ2) is 5.39. The molecule has 1 aliphatic heterocycles. The number of ether oxygens (including phenoxy) is 2. The molecular weight excluding hydrogens is 292 g/mol. The van der Waals surface area contributed by atoms with Crippen molar-refractivity contribution in [1.82, 2.24) is 15.0 Å². The Hall–Kier alpha value is -2.89. The Morgan fingerprint density at radius 2 is 2.13 bits per heavy atom. The van der Waals surface area contributed by atoms with Crippen LogP contribution in [0.1, 0.15) is 11.7 Å². The van der Waals surface area contributed by atoms with E-state index in [4.69, 9.17) is 9.47 Å². The highest BCUT2D eigenvalue weighted by molar-refractivity contribution is 5.92. The van der Waals surface area contributed by atoms with Gasteiger partial charge in [0, 0.05) is 19.3 Å². The molecule has 1 atom stereocenters. The van der Waals surface area contributed by atoms with Crippen molar-refractivity contribution in [2.75, 3.05) is 25.7 Å². The third kappa shape index (κ3) is 2.23. The number of hydrogen-bond donors (Lipinski definition) is 0. The maximum atomic E-state index is 5.92. The van der Waals surface area contributed by atoms with Crippen molar-refractivity contribution in [2.24, 2.45) is 0 Å². The van der Waals surface area contributed by atoms with Crippen LogP contribution in [0, 0.1) is 0 Å². The quantitative estimate of drug-likeness (QED) is 0.725. The van der Waals surface area contributed by atoms with Crippen LogP contribution in [0.15, 0.2) is 42.7 Å². The molecule has 0 saturated carbocycles. The predicted molar refractivity (Wildman–Crippen MR) is 87.0 cm³/mol. The fourth-order valence-corrected chi connectivity index (χ4v) is 2.87. The number of pyridine rings is 3. The van der Waals surface area contributed by atoms with Crippen molar-refractivity contribution in [3.8, 4) is 11.6 Å². The lowest BCUT2D eigenvalue weighted by atomic mass is 10.1. The molecule has 1 unspecified atom stereocenters. The molecule has 3 aromatic heterocycles. The monoisotopic (exact) mass is 308 g/mol. The zero-order valence-electron chi connectivity index (χ0n) is 12.9. The average Bonchev–Trinajstić information content (AvgIpc) is 2.62. The molecule has 116 valence electrons. The minimum Gasteiger partial charge on any atom is -0.487 e. The van der Waals surface area contributed by atoms with Gasteiger partial charge in [0.1, 0.15) is 23.9 Å². The van der Waals surface area contributed by atoms with Gasteiger partial charge in [-0.3, -0.25) is 9.97 Å². The van der Waals surface area contributed by atoms with Gasteiger partial charge >= 0.3 is 0 Å². The Kier molecular flexibility index (Phi) is 3.22. The van der Waals surface area contributed by atoms with E-state index in [-0.39, 0.29) is 6.04 Å². The van der Waals surface area contributed by atoms with E-state index >= 15 is 0 Å². The first-order chi connectivity index (χ1) is 11.3. The van der Waals surface area contributed by atoms with Gasteiger partial charge in [-0.25, -0.2) is 4.98 Å². The van der Waals surface area contributed by atoms with Gasteiger partial charge in [0.15, 0.2) is 5.75 Å². The Morgan fingerprint density at radius 3 is 2.91 bits per heavy atom. The van der Waals surface area contributed by atoms with Crippen molar-refractivity contribution in [2.45, 2.75) is 6.04 Å². The summed E-state index contributed by atoms with van der Waals surface area (Å²) in [7, 11) is 3.63. The Labute approximate surface area is 133 Å². The van der Waals surface area contributed by atoms with Crippen LogP contribution in [-0.4, -0.2) is 35.7 Å². The van der Waals surface area contributed by atoms with Gasteiger partial charge in [-0.2, -0.15) is 0 Å². The van der Waals surface area contributed by atoms with Crippen LogP contribution in [0.5, 0.6) is 11.6 Å². The smallest absolute Gasteiger partial charge is 0.213 e. The van der Waals surface area contributed by atoms with Crippen LogP contribution in [0.4, 0.5) is 5.69 Å². The van der Waals surface area contributed by atoms with Crippen molar-refractivity contribution in [1.29, 1.82) is 0 Å². The molecule has 0 saturated heterocycles. The standard InChI is InChI=1S/C17H16N4O2/c1-21-13(11-5-3-4-8-18-11)10-23-14-9-19-12-6-7-15(22-2)20-16(12)17(14)21/h3-9,13H,10H2,1-2H3. The van der Waals surface area contributed by atoms with Gasteiger partial charge < -0.3 is 14.4 Å². The summed E-state index contributed by atoms with van der Waals surface area (Å²) < 4.78 is 11.2. The zero-order chi connectivity index (χ0) is 15.8. The molecule has 0 aromatic carbocycles. The molecule has 6 nitrogen and oxygen atoms in total. The highest BCUT2D eigenvalue weighted by Crippen LogP contribution is 2.41. The van der Waals surface area contributed by atoms with Crippen LogP contribution >= 0.6 is 0 Å². The van der Waals surface area contributed by atoms with E-state index in [0.717, 1.165) is 28.2 Å². The van der Waals surface area contributed by atoms with Gasteiger partial charge in [0.2, 0.25) is 5.88 Å². The second-order valence-corrected chi connectivity index (χ2v) is 5.38. The Bertz CT molecular complexity index is 849. The largest absolute Gasteiger partial charge is 0.487 e. The lowest BCUT2D eigenvalue weighted by Gasteiger charge is -2.35. The highest BCUT2D eigenvalue weighted by Gasteiger charge is 2.29. The maximum absolute atomic E-state index is 5.92. The number of hydrogen-bond acceptors (Lipinski definition) is 6. The first kappa shape index (κ1) is 13.8. The summed E-state index contributed by atoms with van der Waals surface area (Å²) in [6.45, 7) is 0.525. The van der Waals surface area contributed by atoms with E-state index in [1.54, 1.807) is 19.5 Å². The molecule has 23 heavy (non-hydrogen) atoms. The SMILES string of the molecule is COc1ccc2ncc3c(c2n1)N(C)C(c1ccccn1)CO3. The molecule has 0 aliphatic carbocycles. The molecule has 4 heterocycles. The van der Waals surface area contributed by atoms with Crippen molar-refractivity contribution < 1.29 is 9.47 Å². The van der Waals surface area contributed by atoms with Crippen LogP contribution in [0.2, 0.25) is 0 Å². The third-order valence-electron chi connectivity index (χ3n) is 4.08. The topological polar surface area (TPSA) is 60.4 Å². The molecule has 3 aromatic rings. The van der Waals surface area contributed by atoms with Gasteiger partial charge in [-0.1, -0.05) is 6.07 Å². The van der Waals surface area contributed by atoms with Crippen molar-refractivity contribution in [3.63, 3.8) is 0 Å². The minimum atomic E-state index is 0.0299. The molecule has 0 radical (unpaired) electrons. The fourth-order valence-electron chi connectivity index (χ4n) is 2.87. The molecule has 0 fully saturated rings. The van der Waals surface area contributed by atoms with E-state index in [9.17, 15) is 0 Å². The average molecular weight is 308 g/mol. The maximum Gasteiger partial charge on any atom is 0.213 e. The number of methoxy groups -OCH3 is 1. The number of nitrogens with zero attached hydrogens (tertiary/aromatic N) is 4. The first-order valence-corrected chi connectivity index (χ1v) is 7.38. The van der Waals surface area contributed by atoms with Gasteiger partial charge in [0.25, 0.3) is 0 Å². The van der Waals surface area contributed by atoms with Gasteiger partial charge in [-0.05, 0) is 18.2 Å².